The van der Waals surface area contributed by atoms with Crippen LogP contribution in [-0.4, -0.2) is 13.1 Å². The van der Waals surface area contributed by atoms with E-state index in [1.54, 1.807) is 5.57 Å². The zero-order valence-corrected chi connectivity index (χ0v) is 13.1. The zero-order chi connectivity index (χ0) is 13.5. The summed E-state index contributed by atoms with van der Waals surface area (Å²) in [5.74, 6) is 3.19. The van der Waals surface area contributed by atoms with Crippen LogP contribution in [-0.2, 0) is 0 Å². The zero-order valence-electron chi connectivity index (χ0n) is 13.1. The Labute approximate surface area is 114 Å². The van der Waals surface area contributed by atoms with Gasteiger partial charge in [0.15, 0.2) is 0 Å². The molecule has 0 bridgehead atoms. The van der Waals surface area contributed by atoms with Gasteiger partial charge >= 0.3 is 0 Å². The third-order valence-electron chi connectivity index (χ3n) is 4.05. The number of hydrogen-bond donors (Lipinski definition) is 1. The van der Waals surface area contributed by atoms with Crippen molar-refractivity contribution >= 4 is 0 Å². The number of allylic oxidation sites excluding steroid dienone is 1. The molecule has 1 rings (SSSR count). The lowest BCUT2D eigenvalue weighted by atomic mass is 9.81. The molecule has 2 atom stereocenters. The van der Waals surface area contributed by atoms with E-state index in [2.05, 4.69) is 46.0 Å². The molecule has 1 saturated carbocycles. The summed E-state index contributed by atoms with van der Waals surface area (Å²) < 4.78 is 0. The highest BCUT2D eigenvalue weighted by Gasteiger charge is 2.18. The van der Waals surface area contributed by atoms with Crippen molar-refractivity contribution in [2.24, 2.45) is 23.7 Å². The highest BCUT2D eigenvalue weighted by molar-refractivity contribution is 5.09. The molecule has 1 aliphatic carbocycles. The number of rotatable bonds is 6. The van der Waals surface area contributed by atoms with Crippen LogP contribution in [0.4, 0.5) is 0 Å². The van der Waals surface area contributed by atoms with Gasteiger partial charge in [-0.15, -0.1) is 0 Å². The molecule has 0 aliphatic heterocycles. The van der Waals surface area contributed by atoms with E-state index < -0.39 is 0 Å². The van der Waals surface area contributed by atoms with E-state index in [-0.39, 0.29) is 0 Å². The fourth-order valence-corrected chi connectivity index (χ4v) is 2.90. The third-order valence-corrected chi connectivity index (χ3v) is 4.05. The minimum Gasteiger partial charge on any atom is -0.313 e. The SMILES string of the molecule is CC(C)CNCC(=CC1CCCC(C)C1)C(C)C. The molecule has 106 valence electrons. The maximum atomic E-state index is 3.60. The average molecular weight is 251 g/mol. The lowest BCUT2D eigenvalue weighted by Gasteiger charge is -2.26. The van der Waals surface area contributed by atoms with Crippen molar-refractivity contribution < 1.29 is 0 Å². The van der Waals surface area contributed by atoms with Gasteiger partial charge in [-0.05, 0) is 43.1 Å². The summed E-state index contributed by atoms with van der Waals surface area (Å²) in [6.07, 6.45) is 8.26. The van der Waals surface area contributed by atoms with E-state index in [1.165, 1.54) is 25.7 Å². The van der Waals surface area contributed by atoms with Crippen LogP contribution in [0.25, 0.3) is 0 Å². The summed E-state index contributed by atoms with van der Waals surface area (Å²) in [6, 6.07) is 0. The Bertz CT molecular complexity index is 252. The van der Waals surface area contributed by atoms with Crippen LogP contribution in [0.5, 0.6) is 0 Å². The van der Waals surface area contributed by atoms with E-state index in [0.717, 1.165) is 30.8 Å². The Morgan fingerprint density at radius 2 is 1.94 bits per heavy atom. The van der Waals surface area contributed by atoms with Gasteiger partial charge in [-0.3, -0.25) is 0 Å². The second kappa shape index (κ2) is 7.99. The van der Waals surface area contributed by atoms with E-state index >= 15 is 0 Å². The van der Waals surface area contributed by atoms with Crippen LogP contribution in [0.15, 0.2) is 11.6 Å². The van der Waals surface area contributed by atoms with Gasteiger partial charge in [0.1, 0.15) is 0 Å². The first-order chi connectivity index (χ1) is 8.49. The van der Waals surface area contributed by atoms with Crippen molar-refractivity contribution in [2.75, 3.05) is 13.1 Å². The summed E-state index contributed by atoms with van der Waals surface area (Å²) in [5.41, 5.74) is 1.62. The van der Waals surface area contributed by atoms with E-state index in [9.17, 15) is 0 Å². The van der Waals surface area contributed by atoms with E-state index in [4.69, 9.17) is 0 Å². The molecule has 0 spiro atoms. The maximum absolute atomic E-state index is 3.60. The first-order valence-corrected chi connectivity index (χ1v) is 7.90. The lowest BCUT2D eigenvalue weighted by Crippen LogP contribution is -2.24. The average Bonchev–Trinajstić information content (AvgIpc) is 2.27. The van der Waals surface area contributed by atoms with Crippen molar-refractivity contribution in [1.82, 2.24) is 5.32 Å². The number of nitrogens with one attached hydrogen (secondary N) is 1. The monoisotopic (exact) mass is 251 g/mol. The van der Waals surface area contributed by atoms with Gasteiger partial charge in [-0.25, -0.2) is 0 Å². The number of hydrogen-bond acceptors (Lipinski definition) is 1. The summed E-state index contributed by atoms with van der Waals surface area (Å²) in [7, 11) is 0. The quantitative estimate of drug-likeness (QED) is 0.678. The molecule has 1 heteroatoms. The second-order valence-electron chi connectivity index (χ2n) is 6.95. The molecule has 0 saturated heterocycles. The van der Waals surface area contributed by atoms with Crippen LogP contribution >= 0.6 is 0 Å². The van der Waals surface area contributed by atoms with Gasteiger partial charge in [0.2, 0.25) is 0 Å². The van der Waals surface area contributed by atoms with Crippen LogP contribution in [0.3, 0.4) is 0 Å². The minimum absolute atomic E-state index is 0.682. The maximum Gasteiger partial charge on any atom is 0.0167 e. The van der Waals surface area contributed by atoms with Gasteiger partial charge in [-0.2, -0.15) is 0 Å². The Morgan fingerprint density at radius 3 is 2.50 bits per heavy atom. The minimum atomic E-state index is 0.682. The van der Waals surface area contributed by atoms with Gasteiger partial charge in [0, 0.05) is 6.54 Å². The smallest absolute Gasteiger partial charge is 0.0167 e. The molecule has 0 aromatic carbocycles. The lowest BCUT2D eigenvalue weighted by molar-refractivity contribution is 0.323. The molecule has 0 heterocycles. The normalized spacial score (nSPS) is 26.1. The Hall–Kier alpha value is -0.300. The fourth-order valence-electron chi connectivity index (χ4n) is 2.90. The fraction of sp³-hybridized carbons (Fsp3) is 0.882. The van der Waals surface area contributed by atoms with Crippen molar-refractivity contribution in [1.29, 1.82) is 0 Å². The molecule has 1 aliphatic rings. The van der Waals surface area contributed by atoms with Crippen molar-refractivity contribution in [3.8, 4) is 0 Å². The van der Waals surface area contributed by atoms with Gasteiger partial charge in [0.05, 0.1) is 0 Å². The van der Waals surface area contributed by atoms with Crippen molar-refractivity contribution in [3.05, 3.63) is 11.6 Å². The van der Waals surface area contributed by atoms with E-state index in [0.29, 0.717) is 5.92 Å². The summed E-state index contributed by atoms with van der Waals surface area (Å²) >= 11 is 0. The van der Waals surface area contributed by atoms with Crippen LogP contribution < -0.4 is 5.32 Å². The predicted octanol–water partition coefficient (Wildman–Crippen LogP) is 4.64. The molecule has 1 N–H and O–H groups in total. The molecule has 2 unspecified atom stereocenters. The first kappa shape index (κ1) is 15.8. The molecule has 0 amide bonds. The first-order valence-electron chi connectivity index (χ1n) is 7.90. The Morgan fingerprint density at radius 1 is 1.22 bits per heavy atom. The standard InChI is InChI=1S/C17H33N/c1-13(2)11-18-12-17(14(3)4)10-16-8-6-7-15(5)9-16/h10,13-16,18H,6-9,11-12H2,1-5H3. The Kier molecular flexibility index (Phi) is 6.99. The molecule has 1 nitrogen and oxygen atoms in total. The largest absolute Gasteiger partial charge is 0.313 e. The van der Waals surface area contributed by atoms with Crippen LogP contribution in [0.2, 0.25) is 0 Å². The molecule has 0 radical (unpaired) electrons. The van der Waals surface area contributed by atoms with Crippen molar-refractivity contribution in [2.45, 2.75) is 60.3 Å². The van der Waals surface area contributed by atoms with E-state index in [1.807, 2.05) is 0 Å². The summed E-state index contributed by atoms with van der Waals surface area (Å²) in [5, 5.41) is 3.60. The summed E-state index contributed by atoms with van der Waals surface area (Å²) in [4.78, 5) is 0. The Balaban J connectivity index is 2.48. The van der Waals surface area contributed by atoms with Crippen LogP contribution in [0, 0.1) is 23.7 Å². The predicted molar refractivity (Wildman–Crippen MR) is 81.8 cm³/mol. The van der Waals surface area contributed by atoms with Crippen LogP contribution in [0.1, 0.15) is 60.3 Å². The second-order valence-corrected chi connectivity index (χ2v) is 6.95. The van der Waals surface area contributed by atoms with Gasteiger partial charge < -0.3 is 5.32 Å². The molecule has 0 aromatic heterocycles. The molecule has 1 fully saturated rings. The molecular formula is C17H33N. The topological polar surface area (TPSA) is 12.0 Å². The molecule has 0 aromatic rings. The molecular weight excluding hydrogens is 218 g/mol. The molecule has 18 heavy (non-hydrogen) atoms. The third kappa shape index (κ3) is 6.04. The highest BCUT2D eigenvalue weighted by Crippen LogP contribution is 2.30. The summed E-state index contributed by atoms with van der Waals surface area (Å²) in [6.45, 7) is 13.8. The van der Waals surface area contributed by atoms with Gasteiger partial charge in [-0.1, -0.05) is 59.1 Å². The van der Waals surface area contributed by atoms with Crippen molar-refractivity contribution in [3.63, 3.8) is 0 Å². The highest BCUT2D eigenvalue weighted by atomic mass is 14.9. The van der Waals surface area contributed by atoms with Gasteiger partial charge in [0.25, 0.3) is 0 Å².